The van der Waals surface area contributed by atoms with Crippen molar-refractivity contribution in [3.63, 3.8) is 0 Å². The highest BCUT2D eigenvalue weighted by molar-refractivity contribution is 5.72. The van der Waals surface area contributed by atoms with E-state index in [1.165, 1.54) is 0 Å². The molecule has 0 radical (unpaired) electrons. The molecule has 2 rings (SSSR count). The maximum Gasteiger partial charge on any atom is 0.308 e. The van der Waals surface area contributed by atoms with E-state index in [0.29, 0.717) is 18.8 Å². The van der Waals surface area contributed by atoms with Crippen LogP contribution in [-0.2, 0) is 9.53 Å². The molecule has 0 fully saturated rings. The molecule has 2 aromatic rings. The van der Waals surface area contributed by atoms with Gasteiger partial charge in [0.2, 0.25) is 0 Å². The van der Waals surface area contributed by atoms with Crippen LogP contribution in [0.5, 0.6) is 5.75 Å². The van der Waals surface area contributed by atoms with Crippen LogP contribution < -0.4 is 10.1 Å². The Balaban J connectivity index is 1.73. The summed E-state index contributed by atoms with van der Waals surface area (Å²) in [6, 6.07) is 17.4. The molecule has 0 saturated carbocycles. The number of carbonyl (C=O) groups excluding carboxylic acids is 1. The Hall–Kier alpha value is -2.61. The monoisotopic (exact) mass is 403 g/mol. The van der Waals surface area contributed by atoms with E-state index < -0.39 is 37.1 Å². The summed E-state index contributed by atoms with van der Waals surface area (Å²) in [7, 11) is 0. The van der Waals surface area contributed by atoms with Gasteiger partial charge in [-0.1, -0.05) is 25.1 Å². The van der Waals surface area contributed by atoms with Crippen LogP contribution in [0.4, 0.5) is 11.4 Å². The normalized spacial score (nSPS) is 12.3. The molecule has 7 nitrogen and oxygen atoms in total. The number of para-hydroxylation sites is 1. The summed E-state index contributed by atoms with van der Waals surface area (Å²) >= 11 is 0. The van der Waals surface area contributed by atoms with E-state index in [-0.39, 0.29) is 6.61 Å². The van der Waals surface area contributed by atoms with Gasteiger partial charge in [-0.2, -0.15) is 0 Å². The smallest absolute Gasteiger partial charge is 0.308 e. The Labute approximate surface area is 170 Å². The molecule has 0 aliphatic rings. The van der Waals surface area contributed by atoms with Crippen molar-refractivity contribution in [1.82, 2.24) is 0 Å². The molecule has 0 bridgehead atoms. The molecule has 4 N–H and O–H groups in total. The molecule has 1 unspecified atom stereocenters. The van der Waals surface area contributed by atoms with Crippen LogP contribution >= 0.6 is 0 Å². The van der Waals surface area contributed by atoms with E-state index in [4.69, 9.17) is 9.47 Å². The summed E-state index contributed by atoms with van der Waals surface area (Å²) in [6.07, 6.45) is 0.452. The summed E-state index contributed by atoms with van der Waals surface area (Å²) < 4.78 is 10.8. The minimum Gasteiger partial charge on any atom is -0.494 e. The van der Waals surface area contributed by atoms with Gasteiger partial charge >= 0.3 is 5.97 Å². The number of aliphatic hydroxyl groups is 3. The lowest BCUT2D eigenvalue weighted by atomic mass is 9.92. The molecule has 1 atom stereocenters. The molecule has 0 aliphatic carbocycles. The van der Waals surface area contributed by atoms with E-state index in [1.54, 1.807) is 6.92 Å². The van der Waals surface area contributed by atoms with Crippen molar-refractivity contribution < 1.29 is 29.6 Å². The van der Waals surface area contributed by atoms with Crippen LogP contribution in [0.3, 0.4) is 0 Å². The van der Waals surface area contributed by atoms with Crippen LogP contribution in [0.2, 0.25) is 0 Å². The van der Waals surface area contributed by atoms with Gasteiger partial charge in [0.1, 0.15) is 12.4 Å². The van der Waals surface area contributed by atoms with Crippen LogP contribution in [0.25, 0.3) is 0 Å². The maximum absolute atomic E-state index is 12.1. The van der Waals surface area contributed by atoms with Gasteiger partial charge in [0.25, 0.3) is 0 Å². The minimum atomic E-state index is -1.22. The molecule has 0 spiro atoms. The zero-order valence-corrected chi connectivity index (χ0v) is 16.6. The summed E-state index contributed by atoms with van der Waals surface area (Å²) in [5, 5.41) is 31.1. The number of rotatable bonds is 12. The third-order valence-corrected chi connectivity index (χ3v) is 4.67. The number of ether oxygens (including phenoxy) is 2. The molecule has 0 amide bonds. The van der Waals surface area contributed by atoms with Gasteiger partial charge in [-0.15, -0.1) is 0 Å². The molecule has 0 saturated heterocycles. The van der Waals surface area contributed by atoms with Crippen LogP contribution in [0.15, 0.2) is 54.6 Å². The number of hydrogen-bond donors (Lipinski definition) is 4. The molecular formula is C22H29NO6. The van der Waals surface area contributed by atoms with Crippen molar-refractivity contribution in [3.8, 4) is 5.75 Å². The highest BCUT2D eigenvalue weighted by Crippen LogP contribution is 2.21. The van der Waals surface area contributed by atoms with Crippen LogP contribution in [0, 0.1) is 11.3 Å². The highest BCUT2D eigenvalue weighted by Gasteiger charge is 2.30. The first kappa shape index (κ1) is 22.7. The predicted octanol–water partition coefficient (Wildman–Crippen LogP) is 2.34. The zero-order valence-electron chi connectivity index (χ0n) is 16.6. The van der Waals surface area contributed by atoms with E-state index in [1.807, 2.05) is 54.6 Å². The van der Waals surface area contributed by atoms with Crippen molar-refractivity contribution in [2.24, 2.45) is 11.3 Å². The molecule has 0 aromatic heterocycles. The van der Waals surface area contributed by atoms with Gasteiger partial charge in [0.05, 0.1) is 37.8 Å². The van der Waals surface area contributed by atoms with Crippen molar-refractivity contribution in [2.45, 2.75) is 13.3 Å². The van der Waals surface area contributed by atoms with Gasteiger partial charge < -0.3 is 30.1 Å². The molecule has 2 aromatic carbocycles. The average Bonchev–Trinajstić information content (AvgIpc) is 2.77. The van der Waals surface area contributed by atoms with Gasteiger partial charge in [0.15, 0.2) is 0 Å². The number of carbonyl (C=O) groups is 1. The second-order valence-electron chi connectivity index (χ2n) is 7.14. The van der Waals surface area contributed by atoms with Gasteiger partial charge in [0, 0.05) is 11.4 Å². The molecule has 29 heavy (non-hydrogen) atoms. The summed E-state index contributed by atoms with van der Waals surface area (Å²) in [5.74, 6) is -0.178. The van der Waals surface area contributed by atoms with Gasteiger partial charge in [-0.25, -0.2) is 0 Å². The molecular weight excluding hydrogens is 374 g/mol. The third kappa shape index (κ3) is 7.05. The van der Waals surface area contributed by atoms with Crippen molar-refractivity contribution in [1.29, 1.82) is 0 Å². The fraction of sp³-hybridized carbons (Fsp3) is 0.409. The van der Waals surface area contributed by atoms with E-state index in [9.17, 15) is 20.1 Å². The molecule has 0 heterocycles. The number of esters is 1. The zero-order chi connectivity index (χ0) is 21.1. The SMILES string of the molecule is CC(CCOc1ccc(Nc2ccccc2)cc1)C(=O)OCC(CO)(CO)CO. The highest BCUT2D eigenvalue weighted by atomic mass is 16.5. The summed E-state index contributed by atoms with van der Waals surface area (Å²) in [6.45, 7) is 0.403. The first-order chi connectivity index (χ1) is 14.0. The Morgan fingerprint density at radius 2 is 1.55 bits per heavy atom. The van der Waals surface area contributed by atoms with Crippen LogP contribution in [0.1, 0.15) is 13.3 Å². The molecule has 0 aliphatic heterocycles. The number of benzene rings is 2. The van der Waals surface area contributed by atoms with Gasteiger partial charge in [-0.3, -0.25) is 4.79 Å². The fourth-order valence-corrected chi connectivity index (χ4v) is 2.45. The Bertz CT molecular complexity index is 722. The lowest BCUT2D eigenvalue weighted by Gasteiger charge is -2.27. The Kier molecular flexibility index (Phi) is 8.92. The van der Waals surface area contributed by atoms with Crippen molar-refractivity contribution in [2.75, 3.05) is 38.4 Å². The quantitative estimate of drug-likeness (QED) is 0.403. The lowest BCUT2D eigenvalue weighted by molar-refractivity contribution is -0.156. The van der Waals surface area contributed by atoms with Crippen LogP contribution in [-0.4, -0.2) is 54.3 Å². The number of aliphatic hydroxyl groups excluding tert-OH is 3. The second-order valence-corrected chi connectivity index (χ2v) is 7.14. The number of hydrogen-bond acceptors (Lipinski definition) is 7. The first-order valence-electron chi connectivity index (χ1n) is 9.56. The third-order valence-electron chi connectivity index (χ3n) is 4.67. The van der Waals surface area contributed by atoms with E-state index >= 15 is 0 Å². The second kappa shape index (κ2) is 11.4. The average molecular weight is 403 g/mol. The lowest BCUT2D eigenvalue weighted by Crippen LogP contribution is -2.40. The van der Waals surface area contributed by atoms with Crippen molar-refractivity contribution >= 4 is 17.3 Å². The first-order valence-corrected chi connectivity index (χ1v) is 9.56. The predicted molar refractivity (Wildman–Crippen MR) is 110 cm³/mol. The summed E-state index contributed by atoms with van der Waals surface area (Å²) in [5.41, 5.74) is 0.725. The largest absolute Gasteiger partial charge is 0.494 e. The maximum atomic E-state index is 12.1. The fourth-order valence-electron chi connectivity index (χ4n) is 2.45. The Morgan fingerprint density at radius 3 is 2.14 bits per heavy atom. The van der Waals surface area contributed by atoms with E-state index in [2.05, 4.69) is 5.32 Å². The minimum absolute atomic E-state index is 0.240. The van der Waals surface area contributed by atoms with Gasteiger partial charge in [-0.05, 0) is 42.8 Å². The molecule has 7 heteroatoms. The van der Waals surface area contributed by atoms with E-state index in [0.717, 1.165) is 11.4 Å². The van der Waals surface area contributed by atoms with Crippen molar-refractivity contribution in [3.05, 3.63) is 54.6 Å². The summed E-state index contributed by atoms with van der Waals surface area (Å²) in [4.78, 5) is 12.1. The standard InChI is InChI=1S/C22H29NO6/c1-17(21(27)29-16-22(13-24,14-25)15-26)11-12-28-20-9-7-19(8-10-20)23-18-5-3-2-4-6-18/h2-10,17,23-26H,11-16H2,1H3. The number of anilines is 2. The molecule has 158 valence electrons. The Morgan fingerprint density at radius 1 is 0.966 bits per heavy atom. The number of nitrogens with one attached hydrogen (secondary N) is 1. The topological polar surface area (TPSA) is 108 Å².